The lowest BCUT2D eigenvalue weighted by Crippen LogP contribution is -2.17. The highest BCUT2D eigenvalue weighted by atomic mass is 14.7. The van der Waals surface area contributed by atoms with Crippen LogP contribution in [0.15, 0.2) is 41.4 Å². The third kappa shape index (κ3) is 9.58. The van der Waals surface area contributed by atoms with Gasteiger partial charge in [-0.2, -0.15) is 0 Å². The first-order chi connectivity index (χ1) is 10.9. The summed E-state index contributed by atoms with van der Waals surface area (Å²) < 4.78 is 0. The SMILES string of the molecule is C=CC(=C\CCCCC(C)C[C@@](C)(/C=C\C)CCC)/C(C)=N/C. The maximum Gasteiger partial charge on any atom is 0.0382 e. The molecule has 0 aromatic carbocycles. The quantitative estimate of drug-likeness (QED) is 0.157. The molecule has 132 valence electrons. The first kappa shape index (κ1) is 21.9. The van der Waals surface area contributed by atoms with Crippen LogP contribution >= 0.6 is 0 Å². The predicted molar refractivity (Wildman–Crippen MR) is 107 cm³/mol. The van der Waals surface area contributed by atoms with E-state index < -0.39 is 0 Å². The molecule has 0 aliphatic heterocycles. The third-order valence-corrected chi connectivity index (χ3v) is 4.69. The van der Waals surface area contributed by atoms with E-state index in [0.29, 0.717) is 5.41 Å². The van der Waals surface area contributed by atoms with E-state index in [2.05, 4.69) is 57.5 Å². The average molecular weight is 318 g/mol. The highest BCUT2D eigenvalue weighted by Crippen LogP contribution is 2.34. The van der Waals surface area contributed by atoms with Crippen LogP contribution in [0.4, 0.5) is 0 Å². The highest BCUT2D eigenvalue weighted by molar-refractivity contribution is 6.00. The summed E-state index contributed by atoms with van der Waals surface area (Å²) >= 11 is 0. The van der Waals surface area contributed by atoms with E-state index in [-0.39, 0.29) is 0 Å². The Morgan fingerprint density at radius 2 is 2.00 bits per heavy atom. The minimum Gasteiger partial charge on any atom is -0.293 e. The molecule has 0 aliphatic rings. The van der Waals surface area contributed by atoms with Crippen molar-refractivity contribution < 1.29 is 0 Å². The van der Waals surface area contributed by atoms with Crippen molar-refractivity contribution in [3.05, 3.63) is 36.5 Å². The Labute approximate surface area is 145 Å². The van der Waals surface area contributed by atoms with Crippen molar-refractivity contribution in [1.29, 1.82) is 0 Å². The van der Waals surface area contributed by atoms with Gasteiger partial charge in [0.2, 0.25) is 0 Å². The Bertz CT molecular complexity index is 414. The smallest absolute Gasteiger partial charge is 0.0382 e. The molecule has 0 saturated carbocycles. The molecule has 1 heteroatoms. The minimum atomic E-state index is 0.382. The van der Waals surface area contributed by atoms with Crippen LogP contribution in [-0.4, -0.2) is 12.8 Å². The summed E-state index contributed by atoms with van der Waals surface area (Å²) in [6.07, 6.45) is 17.7. The van der Waals surface area contributed by atoms with E-state index in [1.165, 1.54) is 44.1 Å². The molecule has 0 saturated heterocycles. The highest BCUT2D eigenvalue weighted by Gasteiger charge is 2.22. The molecule has 0 radical (unpaired) electrons. The van der Waals surface area contributed by atoms with Gasteiger partial charge in [0.15, 0.2) is 0 Å². The van der Waals surface area contributed by atoms with Gasteiger partial charge < -0.3 is 0 Å². The van der Waals surface area contributed by atoms with Crippen LogP contribution in [0.25, 0.3) is 0 Å². The molecule has 0 N–H and O–H groups in total. The average Bonchev–Trinajstić information content (AvgIpc) is 2.50. The molecule has 0 aromatic heterocycles. The molecule has 0 spiro atoms. The minimum absolute atomic E-state index is 0.382. The van der Waals surface area contributed by atoms with Gasteiger partial charge in [0, 0.05) is 12.8 Å². The molecule has 0 bridgehead atoms. The zero-order valence-corrected chi connectivity index (χ0v) is 16.5. The fourth-order valence-corrected chi connectivity index (χ4v) is 3.53. The van der Waals surface area contributed by atoms with Gasteiger partial charge in [-0.05, 0) is 56.4 Å². The van der Waals surface area contributed by atoms with E-state index in [1.807, 2.05) is 20.0 Å². The molecule has 0 amide bonds. The Hall–Kier alpha value is -1.11. The van der Waals surface area contributed by atoms with Gasteiger partial charge in [0.1, 0.15) is 0 Å². The van der Waals surface area contributed by atoms with Gasteiger partial charge in [-0.15, -0.1) is 0 Å². The molecule has 0 aliphatic carbocycles. The van der Waals surface area contributed by atoms with E-state index in [0.717, 1.165) is 18.1 Å². The summed E-state index contributed by atoms with van der Waals surface area (Å²) in [4.78, 5) is 4.23. The number of nitrogens with zero attached hydrogens (tertiary/aromatic N) is 1. The Kier molecular flexibility index (Phi) is 11.7. The number of hydrogen-bond acceptors (Lipinski definition) is 1. The number of hydrogen-bond donors (Lipinski definition) is 0. The van der Waals surface area contributed by atoms with Crippen molar-refractivity contribution in [2.45, 2.75) is 79.6 Å². The van der Waals surface area contributed by atoms with Crippen molar-refractivity contribution in [3.8, 4) is 0 Å². The maximum atomic E-state index is 4.23. The predicted octanol–water partition coefficient (Wildman–Crippen LogP) is 7.16. The molecule has 0 rings (SSSR count). The van der Waals surface area contributed by atoms with Gasteiger partial charge in [-0.25, -0.2) is 0 Å². The fourth-order valence-electron chi connectivity index (χ4n) is 3.53. The zero-order valence-electron chi connectivity index (χ0n) is 16.5. The summed E-state index contributed by atoms with van der Waals surface area (Å²) in [5.74, 6) is 0.796. The number of unbranched alkanes of at least 4 members (excludes halogenated alkanes) is 2. The normalized spacial score (nSPS) is 17.3. The number of allylic oxidation sites excluding steroid dienone is 5. The molecule has 0 heterocycles. The van der Waals surface area contributed by atoms with Gasteiger partial charge in [0.25, 0.3) is 0 Å². The van der Waals surface area contributed by atoms with E-state index in [1.54, 1.807) is 0 Å². The van der Waals surface area contributed by atoms with E-state index in [4.69, 9.17) is 0 Å². The Morgan fingerprint density at radius 3 is 2.52 bits per heavy atom. The first-order valence-electron chi connectivity index (χ1n) is 9.32. The fraction of sp³-hybridized carbons (Fsp3) is 0.682. The summed E-state index contributed by atoms with van der Waals surface area (Å²) in [6.45, 7) is 15.2. The molecule has 2 atom stereocenters. The zero-order chi connectivity index (χ0) is 17.7. The topological polar surface area (TPSA) is 12.4 Å². The van der Waals surface area contributed by atoms with Gasteiger partial charge in [0.05, 0.1) is 0 Å². The van der Waals surface area contributed by atoms with Gasteiger partial charge >= 0.3 is 0 Å². The molecule has 1 unspecified atom stereocenters. The standard InChI is InChI=1S/C22H39N/c1-8-16-22(6,17-9-2)18-19(4)14-12-11-13-15-21(10-3)20(5)23-7/h8,10,15-16,19H,3,9,11-14,17-18H2,1-2,4-7H3/b16-8-,21-15+,23-20+/t19?,22-/m0/s1. The van der Waals surface area contributed by atoms with Crippen LogP contribution in [0, 0.1) is 11.3 Å². The number of rotatable bonds is 12. The summed E-state index contributed by atoms with van der Waals surface area (Å²) in [5.41, 5.74) is 2.65. The Morgan fingerprint density at radius 1 is 1.30 bits per heavy atom. The molecule has 1 nitrogen and oxygen atoms in total. The molecular formula is C22H39N. The molecular weight excluding hydrogens is 278 g/mol. The first-order valence-corrected chi connectivity index (χ1v) is 9.32. The summed E-state index contributed by atoms with van der Waals surface area (Å²) in [7, 11) is 1.84. The second kappa shape index (κ2) is 12.3. The monoisotopic (exact) mass is 317 g/mol. The summed E-state index contributed by atoms with van der Waals surface area (Å²) in [5, 5.41) is 0. The van der Waals surface area contributed by atoms with Gasteiger partial charge in [-0.1, -0.05) is 70.9 Å². The van der Waals surface area contributed by atoms with Gasteiger partial charge in [-0.3, -0.25) is 4.99 Å². The van der Waals surface area contributed by atoms with Crippen molar-refractivity contribution in [1.82, 2.24) is 0 Å². The lowest BCUT2D eigenvalue weighted by atomic mass is 9.76. The molecule has 0 aromatic rings. The maximum absolute atomic E-state index is 4.23. The van der Waals surface area contributed by atoms with Crippen molar-refractivity contribution in [2.24, 2.45) is 16.3 Å². The van der Waals surface area contributed by atoms with Crippen molar-refractivity contribution in [3.63, 3.8) is 0 Å². The van der Waals surface area contributed by atoms with E-state index in [9.17, 15) is 0 Å². The lowest BCUT2D eigenvalue weighted by molar-refractivity contribution is 0.282. The van der Waals surface area contributed by atoms with Crippen LogP contribution in [0.3, 0.4) is 0 Å². The molecule has 23 heavy (non-hydrogen) atoms. The molecule has 0 fully saturated rings. The largest absolute Gasteiger partial charge is 0.293 e. The van der Waals surface area contributed by atoms with Crippen LogP contribution in [0.5, 0.6) is 0 Å². The van der Waals surface area contributed by atoms with Crippen LogP contribution in [-0.2, 0) is 0 Å². The summed E-state index contributed by atoms with van der Waals surface area (Å²) in [6, 6.07) is 0. The van der Waals surface area contributed by atoms with E-state index >= 15 is 0 Å². The van der Waals surface area contributed by atoms with Crippen LogP contribution < -0.4 is 0 Å². The second-order valence-corrected chi connectivity index (χ2v) is 7.17. The van der Waals surface area contributed by atoms with Crippen LogP contribution in [0.2, 0.25) is 0 Å². The third-order valence-electron chi connectivity index (χ3n) is 4.69. The Balaban J connectivity index is 4.23. The number of aliphatic imine (C=N–C) groups is 1. The van der Waals surface area contributed by atoms with Crippen molar-refractivity contribution in [2.75, 3.05) is 7.05 Å². The van der Waals surface area contributed by atoms with Crippen LogP contribution in [0.1, 0.15) is 79.6 Å². The second-order valence-electron chi connectivity index (χ2n) is 7.17. The van der Waals surface area contributed by atoms with Crippen molar-refractivity contribution >= 4 is 5.71 Å². The lowest BCUT2D eigenvalue weighted by Gasteiger charge is -2.29.